The van der Waals surface area contributed by atoms with Gasteiger partial charge in [0.05, 0.1) is 5.88 Å². The topological polar surface area (TPSA) is 17.1 Å². The molecular weight excluding hydrogens is 160 g/mol. The normalized spacial score (nSPS) is 11.6. The van der Waals surface area contributed by atoms with Gasteiger partial charge in [-0.15, -0.1) is 11.6 Å². The standard InChI is InChI=1S/C9H17ClO/c1-9(2,3)6-4-5-8(11)7-10/h4-7H2,1-3H3. The van der Waals surface area contributed by atoms with E-state index in [4.69, 9.17) is 11.6 Å². The van der Waals surface area contributed by atoms with Gasteiger partial charge < -0.3 is 0 Å². The third-order valence-corrected chi connectivity index (χ3v) is 1.83. The molecule has 0 heterocycles. The van der Waals surface area contributed by atoms with Crippen LogP contribution < -0.4 is 0 Å². The molecule has 0 saturated carbocycles. The highest BCUT2D eigenvalue weighted by Crippen LogP contribution is 2.21. The van der Waals surface area contributed by atoms with E-state index < -0.39 is 0 Å². The third-order valence-electron chi connectivity index (χ3n) is 1.53. The smallest absolute Gasteiger partial charge is 0.147 e. The van der Waals surface area contributed by atoms with Crippen molar-refractivity contribution in [2.24, 2.45) is 5.41 Å². The monoisotopic (exact) mass is 176 g/mol. The molecule has 0 aliphatic rings. The van der Waals surface area contributed by atoms with E-state index in [0.717, 1.165) is 12.8 Å². The molecule has 0 unspecified atom stereocenters. The number of rotatable bonds is 4. The van der Waals surface area contributed by atoms with Crippen molar-refractivity contribution in [1.29, 1.82) is 0 Å². The molecule has 11 heavy (non-hydrogen) atoms. The van der Waals surface area contributed by atoms with E-state index in [1.54, 1.807) is 0 Å². The summed E-state index contributed by atoms with van der Waals surface area (Å²) in [5, 5.41) is 0. The Bertz CT molecular complexity index is 124. The minimum Gasteiger partial charge on any atom is -0.298 e. The van der Waals surface area contributed by atoms with Gasteiger partial charge in [0.1, 0.15) is 5.78 Å². The van der Waals surface area contributed by atoms with Gasteiger partial charge in [-0.25, -0.2) is 0 Å². The summed E-state index contributed by atoms with van der Waals surface area (Å²) in [6.07, 6.45) is 2.70. The molecule has 0 aromatic heterocycles. The van der Waals surface area contributed by atoms with Gasteiger partial charge >= 0.3 is 0 Å². The summed E-state index contributed by atoms with van der Waals surface area (Å²) in [6.45, 7) is 6.54. The third kappa shape index (κ3) is 7.86. The van der Waals surface area contributed by atoms with Crippen molar-refractivity contribution in [3.8, 4) is 0 Å². The van der Waals surface area contributed by atoms with Crippen molar-refractivity contribution in [1.82, 2.24) is 0 Å². The van der Waals surface area contributed by atoms with Crippen molar-refractivity contribution in [3.05, 3.63) is 0 Å². The van der Waals surface area contributed by atoms with Crippen molar-refractivity contribution in [3.63, 3.8) is 0 Å². The van der Waals surface area contributed by atoms with E-state index in [1.165, 1.54) is 0 Å². The molecule has 0 bridgehead atoms. The van der Waals surface area contributed by atoms with Crippen molar-refractivity contribution >= 4 is 17.4 Å². The lowest BCUT2D eigenvalue weighted by molar-refractivity contribution is -0.116. The van der Waals surface area contributed by atoms with Crippen LogP contribution in [0.1, 0.15) is 40.0 Å². The van der Waals surface area contributed by atoms with Gasteiger partial charge in [0.15, 0.2) is 0 Å². The Labute approximate surface area is 74.1 Å². The minimum absolute atomic E-state index is 0.163. The number of carbonyl (C=O) groups is 1. The molecule has 66 valence electrons. The molecule has 0 saturated heterocycles. The minimum atomic E-state index is 0.163. The van der Waals surface area contributed by atoms with Crippen LogP contribution in [0.15, 0.2) is 0 Å². The summed E-state index contributed by atoms with van der Waals surface area (Å²) in [7, 11) is 0. The first-order valence-corrected chi connectivity index (χ1v) is 4.57. The highest BCUT2D eigenvalue weighted by Gasteiger charge is 2.10. The zero-order valence-corrected chi connectivity index (χ0v) is 8.37. The number of carbonyl (C=O) groups excluding carboxylic acids is 1. The van der Waals surface area contributed by atoms with Crippen LogP contribution in [0, 0.1) is 5.41 Å². The number of hydrogen-bond donors (Lipinski definition) is 0. The van der Waals surface area contributed by atoms with Crippen LogP contribution in [0.5, 0.6) is 0 Å². The van der Waals surface area contributed by atoms with E-state index in [0.29, 0.717) is 11.8 Å². The summed E-state index contributed by atoms with van der Waals surface area (Å²) in [6, 6.07) is 0. The second-order valence-electron chi connectivity index (χ2n) is 4.09. The molecule has 1 nitrogen and oxygen atoms in total. The number of alkyl halides is 1. The average molecular weight is 177 g/mol. The predicted octanol–water partition coefficient (Wildman–Crippen LogP) is 3.01. The van der Waals surface area contributed by atoms with Crippen LogP contribution in [0.4, 0.5) is 0 Å². The predicted molar refractivity (Wildman–Crippen MR) is 49.0 cm³/mol. The Hall–Kier alpha value is -0.0400. The van der Waals surface area contributed by atoms with Gasteiger partial charge in [-0.2, -0.15) is 0 Å². The summed E-state index contributed by atoms with van der Waals surface area (Å²) in [5.74, 6) is 0.334. The second kappa shape index (κ2) is 4.76. The van der Waals surface area contributed by atoms with Crippen LogP contribution in [-0.4, -0.2) is 11.7 Å². The lowest BCUT2D eigenvalue weighted by Crippen LogP contribution is -2.06. The summed E-state index contributed by atoms with van der Waals surface area (Å²) >= 11 is 5.35. The first-order valence-electron chi connectivity index (χ1n) is 4.03. The lowest BCUT2D eigenvalue weighted by Gasteiger charge is -2.16. The summed E-state index contributed by atoms with van der Waals surface area (Å²) in [5.41, 5.74) is 0.340. The number of Topliss-reactive ketones (excluding diaryl/α,β-unsaturated/α-hetero) is 1. The first-order chi connectivity index (χ1) is 4.95. The fraction of sp³-hybridized carbons (Fsp3) is 0.889. The maximum absolute atomic E-state index is 10.8. The van der Waals surface area contributed by atoms with Crippen LogP contribution in [-0.2, 0) is 4.79 Å². The first kappa shape index (κ1) is 11.0. The zero-order valence-electron chi connectivity index (χ0n) is 7.61. The Morgan fingerprint density at radius 2 is 1.91 bits per heavy atom. The van der Waals surface area contributed by atoms with Gasteiger partial charge in [-0.05, 0) is 18.3 Å². The molecule has 0 spiro atoms. The number of hydrogen-bond acceptors (Lipinski definition) is 1. The summed E-state index contributed by atoms with van der Waals surface area (Å²) < 4.78 is 0. The van der Waals surface area contributed by atoms with Gasteiger partial charge in [0.2, 0.25) is 0 Å². The molecule has 0 rings (SSSR count). The van der Waals surface area contributed by atoms with Gasteiger partial charge in [-0.1, -0.05) is 20.8 Å². The molecule has 0 atom stereocenters. The number of ketones is 1. The highest BCUT2D eigenvalue weighted by atomic mass is 35.5. The van der Waals surface area contributed by atoms with Crippen LogP contribution in [0.3, 0.4) is 0 Å². The molecule has 0 aromatic carbocycles. The Morgan fingerprint density at radius 1 is 1.36 bits per heavy atom. The molecule has 2 heteroatoms. The Balaban J connectivity index is 3.35. The summed E-state index contributed by atoms with van der Waals surface area (Å²) in [4.78, 5) is 10.8. The molecule has 0 fully saturated rings. The van der Waals surface area contributed by atoms with E-state index in [2.05, 4.69) is 20.8 Å². The molecular formula is C9H17ClO. The molecule has 0 aliphatic carbocycles. The van der Waals surface area contributed by atoms with Crippen LogP contribution >= 0.6 is 11.6 Å². The highest BCUT2D eigenvalue weighted by molar-refractivity contribution is 6.27. The molecule has 0 aliphatic heterocycles. The fourth-order valence-corrected chi connectivity index (χ4v) is 1.02. The van der Waals surface area contributed by atoms with Crippen molar-refractivity contribution in [2.75, 3.05) is 5.88 Å². The van der Waals surface area contributed by atoms with E-state index in [9.17, 15) is 4.79 Å². The molecule has 0 aromatic rings. The quantitative estimate of drug-likeness (QED) is 0.602. The van der Waals surface area contributed by atoms with Gasteiger partial charge in [-0.3, -0.25) is 4.79 Å². The number of halogens is 1. The maximum Gasteiger partial charge on any atom is 0.147 e. The van der Waals surface area contributed by atoms with Gasteiger partial charge in [0.25, 0.3) is 0 Å². The lowest BCUT2D eigenvalue weighted by atomic mass is 9.89. The van der Waals surface area contributed by atoms with E-state index in [1.807, 2.05) is 0 Å². The SMILES string of the molecule is CC(C)(C)CCCC(=O)CCl. The van der Waals surface area contributed by atoms with Crippen molar-refractivity contribution < 1.29 is 4.79 Å². The Morgan fingerprint density at radius 3 is 2.27 bits per heavy atom. The molecule has 0 radical (unpaired) electrons. The molecule has 0 N–H and O–H groups in total. The largest absolute Gasteiger partial charge is 0.298 e. The van der Waals surface area contributed by atoms with Crippen LogP contribution in [0.2, 0.25) is 0 Å². The molecule has 0 amide bonds. The maximum atomic E-state index is 10.8. The van der Waals surface area contributed by atoms with Gasteiger partial charge in [0, 0.05) is 6.42 Å². The second-order valence-corrected chi connectivity index (χ2v) is 4.35. The van der Waals surface area contributed by atoms with Crippen LogP contribution in [0.25, 0.3) is 0 Å². The average Bonchev–Trinajstić information content (AvgIpc) is 1.85. The van der Waals surface area contributed by atoms with Crippen molar-refractivity contribution in [2.45, 2.75) is 40.0 Å². The van der Waals surface area contributed by atoms with E-state index in [-0.39, 0.29) is 11.7 Å². The van der Waals surface area contributed by atoms with E-state index >= 15 is 0 Å². The fourth-order valence-electron chi connectivity index (χ4n) is 0.883. The Kier molecular flexibility index (Phi) is 4.74. The zero-order chi connectivity index (χ0) is 8.91.